The Morgan fingerprint density at radius 3 is 1.08 bits per heavy atom. The van der Waals surface area contributed by atoms with Crippen molar-refractivity contribution in [3.8, 4) is 0 Å². The number of benzene rings is 7. The van der Waals surface area contributed by atoms with E-state index in [1.54, 1.807) is 119 Å². The zero-order chi connectivity index (χ0) is 73.9. The third kappa shape index (κ3) is 19.5. The van der Waals surface area contributed by atoms with Gasteiger partial charge in [0.1, 0.15) is 17.1 Å². The Labute approximate surface area is 599 Å². The van der Waals surface area contributed by atoms with Crippen molar-refractivity contribution in [2.45, 2.75) is 20.8 Å². The minimum absolute atomic E-state index is 0.183. The van der Waals surface area contributed by atoms with Gasteiger partial charge in [-0.1, -0.05) is 83.9 Å². The molecule has 0 aliphatic heterocycles. The first-order valence-electron chi connectivity index (χ1n) is 31.4. The van der Waals surface area contributed by atoms with Gasteiger partial charge in [-0.2, -0.15) is 0 Å². The third-order valence-electron chi connectivity index (χ3n) is 15.7. The molecule has 0 saturated heterocycles. The largest absolute Gasteiger partial charge is 0.378 e. The number of carbonyl (C=O) groups excluding carboxylic acids is 9. The van der Waals surface area contributed by atoms with Gasteiger partial charge in [-0.05, 0) is 163 Å². The number of nitrogens with zero attached hydrogens (tertiary/aromatic N) is 7. The average Bonchev–Trinajstić information content (AvgIpc) is 0.834. The molecule has 0 aliphatic rings. The molecule has 3 aromatic heterocycles. The number of halogens is 2. The molecular formula is C75H74Cl2N16O9. The summed E-state index contributed by atoms with van der Waals surface area (Å²) in [6.45, 7) is 5.49. The van der Waals surface area contributed by atoms with Gasteiger partial charge < -0.3 is 52.8 Å². The highest BCUT2D eigenvalue weighted by Crippen LogP contribution is 2.32. The van der Waals surface area contributed by atoms with Crippen molar-refractivity contribution in [3.05, 3.63) is 255 Å². The van der Waals surface area contributed by atoms with Crippen molar-refractivity contribution in [1.82, 2.24) is 30.9 Å². The van der Waals surface area contributed by atoms with E-state index in [0.29, 0.717) is 77.9 Å². The molecule has 522 valence electrons. The first-order valence-corrected chi connectivity index (χ1v) is 32.2. The van der Waals surface area contributed by atoms with Crippen molar-refractivity contribution in [2.24, 2.45) is 0 Å². The fourth-order valence-electron chi connectivity index (χ4n) is 9.62. The molecule has 0 aliphatic carbocycles. The summed E-state index contributed by atoms with van der Waals surface area (Å²) < 4.78 is 0. The number of urea groups is 3. The van der Waals surface area contributed by atoms with Crippen LogP contribution in [-0.4, -0.2) is 125 Å². The Bertz CT molecular complexity index is 4820. The van der Waals surface area contributed by atoms with Crippen molar-refractivity contribution in [3.63, 3.8) is 0 Å². The topological polar surface area (TPSA) is 314 Å². The van der Waals surface area contributed by atoms with Crippen molar-refractivity contribution < 1.29 is 43.2 Å². The number of rotatable bonds is 16. The Balaban J connectivity index is 0.000000194. The van der Waals surface area contributed by atoms with Gasteiger partial charge in [0.2, 0.25) is 0 Å². The Hall–Kier alpha value is -12.7. The van der Waals surface area contributed by atoms with E-state index >= 15 is 0 Å². The van der Waals surface area contributed by atoms with Gasteiger partial charge in [-0.15, -0.1) is 0 Å². The van der Waals surface area contributed by atoms with Crippen molar-refractivity contribution >= 4 is 144 Å². The summed E-state index contributed by atoms with van der Waals surface area (Å²) in [5.74, 6) is -2.06. The number of fused-ring (bicyclic) bond motifs is 1. The standard InChI is InChI=1S/C27H25N5O3.C25H28N6O3.C23H21Cl2N5O3/c1-17-8-9-20(25(33)30-21-11-10-18-6-4-5-7-19(18)14-21)15-23(17)31-27(35)32(3)22-12-13-29-24(16-22)26(34)28-2;1-16-9-10-17(23(32)28-18-7-6-8-19(14-18)30(3)4)13-21(16)29-25(34)31(5)20-11-12-27-22(15-20)24(33)26-2;1-13-7-8-14(21(31)29-20-16(24)5-4-6-17(20)25)11-18(13)28-23(33)30(3)15-9-10-27-19(12-15)22(32)26-2/h4-16H,1-3H3,(H,28,34)(H,30,33)(H,31,35);6-15H,1-5H3,(H,26,33)(H,28,32)(H,29,34);4-12H,1-3H3,(H,26,32)(H,28,33)(H,29,31). The molecule has 0 saturated carbocycles. The third-order valence-corrected chi connectivity index (χ3v) is 16.4. The molecule has 25 nitrogen and oxygen atoms in total. The number of aryl methyl sites for hydroxylation is 3. The smallest absolute Gasteiger partial charge is 0.326 e. The molecular weight excluding hydrogens is 1340 g/mol. The van der Waals surface area contributed by atoms with E-state index in [1.165, 1.54) is 72.6 Å². The molecule has 0 bridgehead atoms. The lowest BCUT2D eigenvalue weighted by atomic mass is 10.1. The zero-order valence-corrected chi connectivity index (χ0v) is 59.0. The van der Waals surface area contributed by atoms with E-state index < -0.39 is 24.0 Å². The van der Waals surface area contributed by atoms with Gasteiger partial charge in [0.15, 0.2) is 0 Å². The molecule has 3 heterocycles. The van der Waals surface area contributed by atoms with Crippen LogP contribution in [0.4, 0.5) is 71.3 Å². The molecule has 10 rings (SSSR count). The molecule has 0 radical (unpaired) electrons. The molecule has 9 N–H and O–H groups in total. The summed E-state index contributed by atoms with van der Waals surface area (Å²) in [5, 5.41) is 27.2. The summed E-state index contributed by atoms with van der Waals surface area (Å²) in [7, 11) is 13.1. The highest BCUT2D eigenvalue weighted by molar-refractivity contribution is 6.40. The molecule has 0 fully saturated rings. The first-order chi connectivity index (χ1) is 48.7. The highest BCUT2D eigenvalue weighted by Gasteiger charge is 2.21. The number of amides is 12. The number of anilines is 10. The van der Waals surface area contributed by atoms with Crippen LogP contribution in [-0.2, 0) is 0 Å². The summed E-state index contributed by atoms with van der Waals surface area (Å²) in [5.41, 5.74) is 9.63. The number of carbonyl (C=O) groups is 9. The normalized spacial score (nSPS) is 10.4. The molecule has 0 spiro atoms. The maximum Gasteiger partial charge on any atom is 0.326 e. The number of hydrogen-bond donors (Lipinski definition) is 9. The predicted molar refractivity (Wildman–Crippen MR) is 404 cm³/mol. The summed E-state index contributed by atoms with van der Waals surface area (Å²) in [6.07, 6.45) is 4.37. The molecule has 10 aromatic rings. The number of para-hydroxylation sites is 1. The lowest BCUT2D eigenvalue weighted by Crippen LogP contribution is -2.32. The van der Waals surface area contributed by atoms with Gasteiger partial charge in [-0.3, -0.25) is 58.4 Å². The molecule has 0 atom stereocenters. The van der Waals surface area contributed by atoms with Crippen LogP contribution in [0.25, 0.3) is 10.8 Å². The minimum Gasteiger partial charge on any atom is -0.378 e. The fourth-order valence-corrected chi connectivity index (χ4v) is 10.1. The van der Waals surface area contributed by atoms with E-state index in [0.717, 1.165) is 33.2 Å². The number of pyridine rings is 3. The number of nitrogens with one attached hydrogen (secondary N) is 9. The van der Waals surface area contributed by atoms with Gasteiger partial charge in [-0.25, -0.2) is 14.4 Å². The molecule has 27 heteroatoms. The number of aromatic nitrogens is 3. The minimum atomic E-state index is -0.459. The molecule has 0 unspecified atom stereocenters. The van der Waals surface area contributed by atoms with Crippen LogP contribution in [0.3, 0.4) is 0 Å². The second-order valence-corrected chi connectivity index (χ2v) is 23.8. The summed E-state index contributed by atoms with van der Waals surface area (Å²) >= 11 is 12.3. The van der Waals surface area contributed by atoms with Crippen LogP contribution in [0.15, 0.2) is 195 Å². The first kappa shape index (κ1) is 75.0. The average molecular weight is 1410 g/mol. The van der Waals surface area contributed by atoms with Crippen LogP contribution in [0.1, 0.15) is 79.2 Å². The van der Waals surface area contributed by atoms with E-state index in [-0.39, 0.29) is 46.6 Å². The molecule has 12 amide bonds. The van der Waals surface area contributed by atoms with E-state index in [9.17, 15) is 43.2 Å². The Morgan fingerprint density at radius 1 is 0.333 bits per heavy atom. The molecule has 102 heavy (non-hydrogen) atoms. The van der Waals surface area contributed by atoms with Gasteiger partial charge in [0.05, 0.1) is 15.7 Å². The van der Waals surface area contributed by atoms with Crippen molar-refractivity contribution in [1.29, 1.82) is 0 Å². The lowest BCUT2D eigenvalue weighted by molar-refractivity contribution is 0.0950. The van der Waals surface area contributed by atoms with Crippen molar-refractivity contribution in [2.75, 3.05) is 108 Å². The lowest BCUT2D eigenvalue weighted by Gasteiger charge is -2.19. The van der Waals surface area contributed by atoms with Gasteiger partial charge in [0.25, 0.3) is 35.4 Å². The maximum atomic E-state index is 12.9. The van der Waals surface area contributed by atoms with Crippen LogP contribution in [0.5, 0.6) is 0 Å². The van der Waals surface area contributed by atoms with Crippen LogP contribution < -0.4 is 67.5 Å². The fraction of sp³-hybridized carbons (Fsp3) is 0.147. The quantitative estimate of drug-likeness (QED) is 0.0435. The zero-order valence-electron chi connectivity index (χ0n) is 57.5. The molecule has 7 aromatic carbocycles. The SMILES string of the molecule is CNC(=O)c1cc(N(C)C(=O)Nc2cc(C(=O)Nc3c(Cl)cccc3Cl)ccc2C)ccn1.CNC(=O)c1cc(N(C)C(=O)Nc2cc(C(=O)Nc3ccc4ccccc4c3)ccc2C)ccn1.CNC(=O)c1cc(N(C)C(=O)Nc2cc(C(=O)Nc3cccc(N(C)C)c3)ccc2C)ccn1. The van der Waals surface area contributed by atoms with E-state index in [4.69, 9.17) is 23.2 Å². The van der Waals surface area contributed by atoms with Gasteiger partial charge in [0, 0.05) is 143 Å². The Kier molecular flexibility index (Phi) is 25.5. The maximum absolute atomic E-state index is 12.9. The predicted octanol–water partition coefficient (Wildman–Crippen LogP) is 13.5. The monoisotopic (exact) mass is 1410 g/mol. The summed E-state index contributed by atoms with van der Waals surface area (Å²) in [4.78, 5) is 131. The van der Waals surface area contributed by atoms with Crippen LogP contribution in [0, 0.1) is 20.8 Å². The Morgan fingerprint density at radius 2 is 0.696 bits per heavy atom. The van der Waals surface area contributed by atoms with Crippen LogP contribution >= 0.6 is 23.2 Å². The van der Waals surface area contributed by atoms with E-state index in [1.807, 2.05) is 99.6 Å². The second-order valence-electron chi connectivity index (χ2n) is 23.0. The number of hydrogen-bond acceptors (Lipinski definition) is 13. The van der Waals surface area contributed by atoms with E-state index in [2.05, 4.69) is 62.8 Å². The van der Waals surface area contributed by atoms with Crippen LogP contribution in [0.2, 0.25) is 10.0 Å². The second kappa shape index (κ2) is 34.7. The summed E-state index contributed by atoms with van der Waals surface area (Å²) in [6, 6.07) is 49.4. The highest BCUT2D eigenvalue weighted by atomic mass is 35.5. The van der Waals surface area contributed by atoms with Gasteiger partial charge >= 0.3 is 18.1 Å².